The smallest absolute Gasteiger partial charge is 0.269 e. The van der Waals surface area contributed by atoms with E-state index in [2.05, 4.69) is 9.97 Å². The molecule has 9 nitrogen and oxygen atoms in total. The second-order valence-corrected chi connectivity index (χ2v) is 10.1. The summed E-state index contributed by atoms with van der Waals surface area (Å²) in [5.41, 5.74) is 7.68. The molecule has 3 aromatic carbocycles. The molecule has 1 unspecified atom stereocenters. The maximum Gasteiger partial charge on any atom is 0.269 e. The highest BCUT2D eigenvalue weighted by Gasteiger charge is 2.28. The van der Waals surface area contributed by atoms with Crippen LogP contribution >= 0.6 is 0 Å². The molecule has 0 aliphatic carbocycles. The van der Waals surface area contributed by atoms with Crippen LogP contribution in [0.25, 0.3) is 38.9 Å². The number of hydrogen-bond donors (Lipinski definition) is 1. The van der Waals surface area contributed by atoms with Crippen LogP contribution < -0.4 is 16.0 Å². The van der Waals surface area contributed by atoms with Gasteiger partial charge in [-0.2, -0.15) is 5.10 Å². The van der Waals surface area contributed by atoms with Crippen molar-refractivity contribution in [3.8, 4) is 22.7 Å². The van der Waals surface area contributed by atoms with E-state index < -0.39 is 23.2 Å². The van der Waals surface area contributed by atoms with Crippen LogP contribution in [0.15, 0.2) is 77.9 Å². The first kappa shape index (κ1) is 27.0. The molecule has 6 aromatic rings. The van der Waals surface area contributed by atoms with Crippen molar-refractivity contribution in [3.05, 3.63) is 101 Å². The Hall–Kier alpha value is -5.19. The Bertz CT molecular complexity index is 2010. The number of fused-ring (bicyclic) bond motifs is 2. The lowest BCUT2D eigenvalue weighted by molar-refractivity contribution is 0.231. The zero-order valence-corrected chi connectivity index (χ0v) is 23.1. The van der Waals surface area contributed by atoms with Crippen LogP contribution in [0.3, 0.4) is 0 Å². The zero-order valence-electron chi connectivity index (χ0n) is 23.1. The first-order valence-corrected chi connectivity index (χ1v) is 13.5. The lowest BCUT2D eigenvalue weighted by Crippen LogP contribution is -2.29. The predicted octanol–water partition coefficient (Wildman–Crippen LogP) is 5.84. The largest absolute Gasteiger partial charge is 0.488 e. The van der Waals surface area contributed by atoms with E-state index in [4.69, 9.17) is 20.6 Å². The fraction of sp³-hybridized carbons (Fsp3) is 0.194. The van der Waals surface area contributed by atoms with Gasteiger partial charge in [-0.3, -0.25) is 9.36 Å². The van der Waals surface area contributed by atoms with Crippen molar-refractivity contribution >= 4 is 27.8 Å². The molecule has 3 heterocycles. The third-order valence-corrected chi connectivity index (χ3v) is 6.95. The molecule has 1 atom stereocenters. The van der Waals surface area contributed by atoms with Gasteiger partial charge in [0.2, 0.25) is 0 Å². The van der Waals surface area contributed by atoms with E-state index in [0.717, 1.165) is 0 Å². The van der Waals surface area contributed by atoms with Crippen molar-refractivity contribution in [2.24, 2.45) is 0 Å². The van der Waals surface area contributed by atoms with E-state index >= 15 is 4.39 Å². The minimum absolute atomic E-state index is 0.114. The van der Waals surface area contributed by atoms with Gasteiger partial charge in [0.15, 0.2) is 17.2 Å². The van der Waals surface area contributed by atoms with Crippen LogP contribution in [0.1, 0.15) is 39.1 Å². The van der Waals surface area contributed by atoms with Crippen LogP contribution in [0, 0.1) is 11.6 Å². The SMILES string of the molecule is CCC(c1nc2cccc(F)c2c(=O)n1-c1ccccc1)n1nc(-c2ccc(OC(C)C)c(F)c2)c2c(N)ncnc21. The van der Waals surface area contributed by atoms with Gasteiger partial charge >= 0.3 is 0 Å². The number of aromatic nitrogens is 6. The molecule has 0 fully saturated rings. The van der Waals surface area contributed by atoms with E-state index in [9.17, 15) is 9.18 Å². The molecule has 0 radical (unpaired) electrons. The summed E-state index contributed by atoms with van der Waals surface area (Å²) in [5.74, 6) is -0.608. The summed E-state index contributed by atoms with van der Waals surface area (Å²) >= 11 is 0. The molecule has 0 saturated carbocycles. The topological polar surface area (TPSA) is 114 Å². The molecule has 0 bridgehead atoms. The van der Waals surface area contributed by atoms with Gasteiger partial charge in [-0.25, -0.2) is 28.4 Å². The Labute approximate surface area is 239 Å². The first-order valence-electron chi connectivity index (χ1n) is 13.5. The Morgan fingerprint density at radius 2 is 1.74 bits per heavy atom. The number of ether oxygens (including phenoxy) is 1. The summed E-state index contributed by atoms with van der Waals surface area (Å²) < 4.78 is 38.5. The maximum atomic E-state index is 15.1. The van der Waals surface area contributed by atoms with E-state index in [-0.39, 0.29) is 28.6 Å². The third-order valence-electron chi connectivity index (χ3n) is 6.95. The highest BCUT2D eigenvalue weighted by Crippen LogP contribution is 2.36. The second-order valence-electron chi connectivity index (χ2n) is 10.1. The Balaban J connectivity index is 1.62. The molecule has 2 N–H and O–H groups in total. The van der Waals surface area contributed by atoms with Crippen molar-refractivity contribution in [2.45, 2.75) is 39.3 Å². The van der Waals surface area contributed by atoms with Crippen molar-refractivity contribution < 1.29 is 13.5 Å². The van der Waals surface area contributed by atoms with Crippen molar-refractivity contribution in [2.75, 3.05) is 5.73 Å². The highest BCUT2D eigenvalue weighted by molar-refractivity contribution is 5.98. The molecule has 11 heteroatoms. The van der Waals surface area contributed by atoms with Gasteiger partial charge in [0.05, 0.1) is 22.7 Å². The zero-order chi connectivity index (χ0) is 29.5. The molecule has 42 heavy (non-hydrogen) atoms. The lowest BCUT2D eigenvalue weighted by atomic mass is 10.1. The summed E-state index contributed by atoms with van der Waals surface area (Å²) in [7, 11) is 0. The van der Waals surface area contributed by atoms with Gasteiger partial charge in [0, 0.05) is 5.56 Å². The standard InChI is InChI=1S/C31H27F2N7O2/c1-4-23(29-37-22-12-8-11-20(32)25(22)31(41)39(29)19-9-6-5-7-10-19)40-30-26(28(34)35-16-36-30)27(38-40)18-13-14-24(21(33)15-18)42-17(2)3/h5-17,23H,4H2,1-3H3,(H2,34,35,36). The number of rotatable bonds is 7. The molecule has 0 aliphatic heterocycles. The van der Waals surface area contributed by atoms with Crippen LogP contribution in [0.4, 0.5) is 14.6 Å². The van der Waals surface area contributed by atoms with Crippen molar-refractivity contribution in [3.63, 3.8) is 0 Å². The lowest BCUT2D eigenvalue weighted by Gasteiger charge is -2.21. The fourth-order valence-corrected chi connectivity index (χ4v) is 5.13. The van der Waals surface area contributed by atoms with Gasteiger partial charge in [0.1, 0.15) is 40.9 Å². The minimum Gasteiger partial charge on any atom is -0.488 e. The molecule has 0 aliphatic rings. The van der Waals surface area contributed by atoms with Crippen LogP contribution in [0.2, 0.25) is 0 Å². The monoisotopic (exact) mass is 567 g/mol. The number of benzene rings is 3. The van der Waals surface area contributed by atoms with Gasteiger partial charge < -0.3 is 10.5 Å². The summed E-state index contributed by atoms with van der Waals surface area (Å²) in [5, 5.41) is 5.17. The van der Waals surface area contributed by atoms with Crippen LogP contribution in [0.5, 0.6) is 5.75 Å². The normalized spacial score (nSPS) is 12.3. The maximum absolute atomic E-state index is 15.1. The quantitative estimate of drug-likeness (QED) is 0.258. The average Bonchev–Trinajstić information content (AvgIpc) is 3.35. The number of halogens is 2. The number of nitrogens with two attached hydrogens (primary N) is 1. The average molecular weight is 568 g/mol. The number of hydrogen-bond acceptors (Lipinski definition) is 7. The van der Waals surface area contributed by atoms with Crippen molar-refractivity contribution in [1.82, 2.24) is 29.3 Å². The molecule has 0 amide bonds. The molecule has 0 saturated heterocycles. The Morgan fingerprint density at radius 3 is 2.45 bits per heavy atom. The van der Waals surface area contributed by atoms with Gasteiger partial charge in [-0.15, -0.1) is 0 Å². The molecule has 3 aromatic heterocycles. The summed E-state index contributed by atoms with van der Waals surface area (Å²) in [6.07, 6.45) is 1.54. The number of anilines is 1. The summed E-state index contributed by atoms with van der Waals surface area (Å²) in [4.78, 5) is 27.3. The van der Waals surface area contributed by atoms with E-state index in [1.54, 1.807) is 47.1 Å². The fourth-order valence-electron chi connectivity index (χ4n) is 5.13. The van der Waals surface area contributed by atoms with E-state index in [1.807, 2.05) is 26.8 Å². The Morgan fingerprint density at radius 1 is 0.952 bits per heavy atom. The van der Waals surface area contributed by atoms with Gasteiger partial charge in [0.25, 0.3) is 5.56 Å². The van der Waals surface area contributed by atoms with E-state index in [1.165, 1.54) is 29.1 Å². The highest BCUT2D eigenvalue weighted by atomic mass is 19.1. The molecular weight excluding hydrogens is 540 g/mol. The second kappa shape index (κ2) is 10.7. The van der Waals surface area contributed by atoms with Crippen LogP contribution in [-0.2, 0) is 0 Å². The Kier molecular flexibility index (Phi) is 6.85. The summed E-state index contributed by atoms with van der Waals surface area (Å²) in [6.45, 7) is 5.54. The first-order chi connectivity index (χ1) is 20.3. The van der Waals surface area contributed by atoms with Crippen LogP contribution in [-0.4, -0.2) is 35.4 Å². The number of para-hydroxylation sites is 1. The molecule has 6 rings (SSSR count). The minimum atomic E-state index is -0.659. The number of nitrogens with zero attached hydrogens (tertiary/aromatic N) is 6. The van der Waals surface area contributed by atoms with E-state index in [0.29, 0.717) is 40.2 Å². The molecule has 0 spiro atoms. The van der Waals surface area contributed by atoms with Crippen molar-refractivity contribution in [1.29, 1.82) is 0 Å². The molecular formula is C31H27F2N7O2. The molecule has 212 valence electrons. The van der Waals surface area contributed by atoms with Gasteiger partial charge in [-0.05, 0) is 62.7 Å². The predicted molar refractivity (Wildman–Crippen MR) is 157 cm³/mol. The van der Waals surface area contributed by atoms with Gasteiger partial charge in [-0.1, -0.05) is 31.2 Å². The summed E-state index contributed by atoms with van der Waals surface area (Å²) in [6, 6.07) is 17.2. The third kappa shape index (κ3) is 4.52. The number of nitrogen functional groups attached to an aromatic ring is 1.